The lowest BCUT2D eigenvalue weighted by Crippen LogP contribution is -2.05. The van der Waals surface area contributed by atoms with Crippen molar-refractivity contribution in [1.82, 2.24) is 0 Å². The SMILES string of the molecule is CC(C)=CCc1ccc2occ(-c3ccccc3)c(=O)c2c1. The molecule has 0 saturated heterocycles. The summed E-state index contributed by atoms with van der Waals surface area (Å²) in [6.07, 6.45) is 4.53. The van der Waals surface area contributed by atoms with E-state index in [2.05, 4.69) is 19.9 Å². The van der Waals surface area contributed by atoms with Crippen LogP contribution in [-0.4, -0.2) is 0 Å². The summed E-state index contributed by atoms with van der Waals surface area (Å²) in [7, 11) is 0. The largest absolute Gasteiger partial charge is 0.463 e. The van der Waals surface area contributed by atoms with Crippen molar-refractivity contribution in [3.63, 3.8) is 0 Å². The maximum Gasteiger partial charge on any atom is 0.200 e. The molecule has 3 aromatic rings. The summed E-state index contributed by atoms with van der Waals surface area (Å²) in [6.45, 7) is 4.14. The number of allylic oxidation sites excluding steroid dienone is 2. The molecule has 0 spiro atoms. The Balaban J connectivity index is 2.13. The van der Waals surface area contributed by atoms with Crippen molar-refractivity contribution in [2.45, 2.75) is 20.3 Å². The quantitative estimate of drug-likeness (QED) is 0.638. The van der Waals surface area contributed by atoms with E-state index in [9.17, 15) is 4.79 Å². The molecule has 0 saturated carbocycles. The molecule has 0 aliphatic heterocycles. The van der Waals surface area contributed by atoms with Gasteiger partial charge in [0.1, 0.15) is 11.8 Å². The number of fused-ring (bicyclic) bond motifs is 1. The van der Waals surface area contributed by atoms with E-state index in [1.54, 1.807) is 6.26 Å². The Hall–Kier alpha value is -2.61. The molecule has 0 radical (unpaired) electrons. The zero-order valence-corrected chi connectivity index (χ0v) is 12.8. The fourth-order valence-corrected chi connectivity index (χ4v) is 2.44. The Morgan fingerprint density at radius 2 is 1.86 bits per heavy atom. The monoisotopic (exact) mass is 290 g/mol. The Morgan fingerprint density at radius 1 is 1.09 bits per heavy atom. The van der Waals surface area contributed by atoms with E-state index in [0.717, 1.165) is 17.5 Å². The first-order valence-corrected chi connectivity index (χ1v) is 7.38. The molecule has 1 aromatic heterocycles. The van der Waals surface area contributed by atoms with E-state index in [4.69, 9.17) is 4.42 Å². The second-order valence-corrected chi connectivity index (χ2v) is 5.66. The Labute approximate surface area is 129 Å². The Bertz CT molecular complexity index is 882. The van der Waals surface area contributed by atoms with Crippen molar-refractivity contribution >= 4 is 11.0 Å². The van der Waals surface area contributed by atoms with Crippen LogP contribution in [0.2, 0.25) is 0 Å². The van der Waals surface area contributed by atoms with E-state index >= 15 is 0 Å². The molecule has 0 aliphatic rings. The third kappa shape index (κ3) is 2.86. The predicted octanol–water partition coefficient (Wildman–Crippen LogP) is 4.97. The van der Waals surface area contributed by atoms with Gasteiger partial charge < -0.3 is 4.42 Å². The number of benzene rings is 2. The van der Waals surface area contributed by atoms with Gasteiger partial charge in [-0.15, -0.1) is 0 Å². The van der Waals surface area contributed by atoms with Gasteiger partial charge in [-0.3, -0.25) is 4.79 Å². The van der Waals surface area contributed by atoms with Crippen molar-refractivity contribution in [2.24, 2.45) is 0 Å². The van der Waals surface area contributed by atoms with E-state index in [0.29, 0.717) is 16.5 Å². The van der Waals surface area contributed by atoms with Crippen LogP contribution in [0.1, 0.15) is 19.4 Å². The Morgan fingerprint density at radius 3 is 2.59 bits per heavy atom. The minimum absolute atomic E-state index is 0.0199. The van der Waals surface area contributed by atoms with Crippen LogP contribution < -0.4 is 5.43 Å². The Kier molecular flexibility index (Phi) is 3.92. The van der Waals surface area contributed by atoms with Crippen LogP contribution in [0.4, 0.5) is 0 Å². The highest BCUT2D eigenvalue weighted by Crippen LogP contribution is 2.20. The van der Waals surface area contributed by atoms with Gasteiger partial charge in [-0.2, -0.15) is 0 Å². The zero-order chi connectivity index (χ0) is 15.5. The molecule has 0 amide bonds. The third-order valence-corrected chi connectivity index (χ3v) is 3.67. The van der Waals surface area contributed by atoms with Crippen LogP contribution in [0.15, 0.2) is 75.7 Å². The second-order valence-electron chi connectivity index (χ2n) is 5.66. The van der Waals surface area contributed by atoms with Gasteiger partial charge in [0.25, 0.3) is 0 Å². The molecular weight excluding hydrogens is 272 g/mol. The van der Waals surface area contributed by atoms with Crippen LogP contribution >= 0.6 is 0 Å². The van der Waals surface area contributed by atoms with Crippen LogP contribution in [-0.2, 0) is 6.42 Å². The molecule has 0 aliphatic carbocycles. The summed E-state index contributed by atoms with van der Waals surface area (Å²) in [6, 6.07) is 15.4. The molecule has 0 N–H and O–H groups in total. The highest BCUT2D eigenvalue weighted by Gasteiger charge is 2.09. The average Bonchev–Trinajstić information content (AvgIpc) is 2.54. The molecule has 2 heteroatoms. The van der Waals surface area contributed by atoms with Crippen molar-refractivity contribution < 1.29 is 4.42 Å². The lowest BCUT2D eigenvalue weighted by Gasteiger charge is -2.04. The highest BCUT2D eigenvalue weighted by atomic mass is 16.3. The fourth-order valence-electron chi connectivity index (χ4n) is 2.44. The van der Waals surface area contributed by atoms with E-state index < -0.39 is 0 Å². The van der Waals surface area contributed by atoms with Gasteiger partial charge in [0, 0.05) is 0 Å². The molecule has 3 rings (SSSR count). The normalized spacial score (nSPS) is 10.6. The topological polar surface area (TPSA) is 30.2 Å². The van der Waals surface area contributed by atoms with Gasteiger partial charge >= 0.3 is 0 Å². The summed E-state index contributed by atoms with van der Waals surface area (Å²) in [5.74, 6) is 0. The fraction of sp³-hybridized carbons (Fsp3) is 0.150. The van der Waals surface area contributed by atoms with Gasteiger partial charge in [0.2, 0.25) is 0 Å². The first-order valence-electron chi connectivity index (χ1n) is 7.38. The predicted molar refractivity (Wildman–Crippen MR) is 91.1 cm³/mol. The number of hydrogen-bond acceptors (Lipinski definition) is 2. The molecule has 1 heterocycles. The number of hydrogen-bond donors (Lipinski definition) is 0. The first-order chi connectivity index (χ1) is 10.6. The maximum absolute atomic E-state index is 12.7. The standard InChI is InChI=1S/C20H18O2/c1-14(2)8-9-15-10-11-19-17(12-15)20(21)18(13-22-19)16-6-4-3-5-7-16/h3-8,10-13H,9H2,1-2H3. The molecule has 2 aromatic carbocycles. The van der Waals surface area contributed by atoms with Crippen LogP contribution in [0.5, 0.6) is 0 Å². The molecule has 2 nitrogen and oxygen atoms in total. The van der Waals surface area contributed by atoms with Gasteiger partial charge in [-0.1, -0.05) is 48.0 Å². The van der Waals surface area contributed by atoms with Crippen molar-refractivity contribution in [1.29, 1.82) is 0 Å². The third-order valence-electron chi connectivity index (χ3n) is 3.67. The zero-order valence-electron chi connectivity index (χ0n) is 12.8. The van der Waals surface area contributed by atoms with Crippen LogP contribution in [0.3, 0.4) is 0 Å². The molecular formula is C20H18O2. The summed E-state index contributed by atoms with van der Waals surface area (Å²) in [4.78, 5) is 12.7. The molecule has 0 unspecified atom stereocenters. The summed E-state index contributed by atoms with van der Waals surface area (Å²) < 4.78 is 5.64. The highest BCUT2D eigenvalue weighted by molar-refractivity contribution is 5.82. The lowest BCUT2D eigenvalue weighted by atomic mass is 10.0. The second kappa shape index (κ2) is 6.02. The number of rotatable bonds is 3. The van der Waals surface area contributed by atoms with Gasteiger partial charge in [-0.25, -0.2) is 0 Å². The molecule has 110 valence electrons. The van der Waals surface area contributed by atoms with Gasteiger partial charge in [0.15, 0.2) is 5.43 Å². The van der Waals surface area contributed by atoms with Crippen LogP contribution in [0, 0.1) is 0 Å². The van der Waals surface area contributed by atoms with Crippen LogP contribution in [0.25, 0.3) is 22.1 Å². The maximum atomic E-state index is 12.7. The van der Waals surface area contributed by atoms with Crippen molar-refractivity contribution in [2.75, 3.05) is 0 Å². The lowest BCUT2D eigenvalue weighted by molar-refractivity contribution is 0.604. The van der Waals surface area contributed by atoms with Crippen molar-refractivity contribution in [3.8, 4) is 11.1 Å². The van der Waals surface area contributed by atoms with E-state index in [-0.39, 0.29) is 5.43 Å². The summed E-state index contributed by atoms with van der Waals surface area (Å²) in [5, 5.41) is 0.640. The van der Waals surface area contributed by atoms with Gasteiger partial charge in [0.05, 0.1) is 10.9 Å². The average molecular weight is 290 g/mol. The minimum atomic E-state index is 0.0199. The molecule has 0 atom stereocenters. The van der Waals surface area contributed by atoms with E-state index in [1.807, 2.05) is 48.5 Å². The first kappa shape index (κ1) is 14.3. The van der Waals surface area contributed by atoms with Crippen molar-refractivity contribution in [3.05, 3.63) is 82.2 Å². The molecule has 22 heavy (non-hydrogen) atoms. The smallest absolute Gasteiger partial charge is 0.200 e. The summed E-state index contributed by atoms with van der Waals surface area (Å²) in [5.41, 5.74) is 4.52. The summed E-state index contributed by atoms with van der Waals surface area (Å²) >= 11 is 0. The van der Waals surface area contributed by atoms with Gasteiger partial charge in [-0.05, 0) is 43.5 Å². The molecule has 0 bridgehead atoms. The molecule has 0 fully saturated rings. The minimum Gasteiger partial charge on any atom is -0.463 e. The van der Waals surface area contributed by atoms with E-state index in [1.165, 1.54) is 5.57 Å².